The SMILES string of the molecule is COc1c(Cl)c(NC(=O)c2csc3c(Nc4ccc5cn[nH]c5c4)ncnc23)c(Cl)c(OC)c1Br. The molecule has 0 aliphatic heterocycles. The number of aromatic nitrogens is 4. The Morgan fingerprint density at radius 2 is 1.89 bits per heavy atom. The topological polar surface area (TPSA) is 114 Å². The predicted molar refractivity (Wildman–Crippen MR) is 142 cm³/mol. The van der Waals surface area contributed by atoms with Gasteiger partial charge in [-0.2, -0.15) is 5.10 Å². The van der Waals surface area contributed by atoms with Crippen molar-refractivity contribution in [1.29, 1.82) is 0 Å². The van der Waals surface area contributed by atoms with Crippen LogP contribution in [0.5, 0.6) is 11.5 Å². The van der Waals surface area contributed by atoms with Crippen LogP contribution in [0.25, 0.3) is 21.1 Å². The fourth-order valence-corrected chi connectivity index (χ4v) is 6.09. The largest absolute Gasteiger partial charge is 0.494 e. The van der Waals surface area contributed by atoms with Gasteiger partial charge in [0.25, 0.3) is 5.91 Å². The molecule has 5 aromatic rings. The van der Waals surface area contributed by atoms with Gasteiger partial charge in [-0.25, -0.2) is 9.97 Å². The molecule has 0 fully saturated rings. The quantitative estimate of drug-likeness (QED) is 0.202. The molecule has 0 aliphatic carbocycles. The lowest BCUT2D eigenvalue weighted by Crippen LogP contribution is -2.13. The minimum Gasteiger partial charge on any atom is -0.494 e. The molecule has 0 unspecified atom stereocenters. The predicted octanol–water partition coefficient (Wildman–Crippen LogP) is 6.65. The summed E-state index contributed by atoms with van der Waals surface area (Å²) in [6.45, 7) is 0. The first kappa shape index (κ1) is 23.6. The maximum Gasteiger partial charge on any atom is 0.258 e. The number of halogens is 3. The average molecular weight is 594 g/mol. The Morgan fingerprint density at radius 1 is 1.14 bits per heavy atom. The maximum atomic E-state index is 13.3. The van der Waals surface area contributed by atoms with Crippen LogP contribution in [0.2, 0.25) is 10.0 Å². The van der Waals surface area contributed by atoms with E-state index in [4.69, 9.17) is 32.7 Å². The van der Waals surface area contributed by atoms with Gasteiger partial charge < -0.3 is 20.1 Å². The number of H-pyrrole nitrogens is 1. The van der Waals surface area contributed by atoms with E-state index in [0.717, 1.165) is 16.6 Å². The molecule has 0 aliphatic rings. The molecule has 1 amide bonds. The lowest BCUT2D eigenvalue weighted by atomic mass is 10.2. The smallest absolute Gasteiger partial charge is 0.258 e. The summed E-state index contributed by atoms with van der Waals surface area (Å²) in [6.07, 6.45) is 3.15. The number of anilines is 3. The number of ether oxygens (including phenoxy) is 2. The van der Waals surface area contributed by atoms with Gasteiger partial charge in [0.1, 0.15) is 20.8 Å². The number of hydrogen-bond acceptors (Lipinski definition) is 8. The highest BCUT2D eigenvalue weighted by Gasteiger charge is 2.25. The van der Waals surface area contributed by atoms with Gasteiger partial charge in [-0.1, -0.05) is 23.2 Å². The number of thiophene rings is 1. The van der Waals surface area contributed by atoms with Gasteiger partial charge in [-0.15, -0.1) is 11.3 Å². The molecule has 3 N–H and O–H groups in total. The lowest BCUT2D eigenvalue weighted by Gasteiger charge is -2.17. The zero-order chi connectivity index (χ0) is 24.7. The Hall–Kier alpha value is -3.12. The number of hydrogen-bond donors (Lipinski definition) is 3. The number of methoxy groups -OCH3 is 2. The molecular formula is C22H15BrCl2N6O3S. The number of nitrogens with zero attached hydrogens (tertiary/aromatic N) is 3. The first-order valence-electron chi connectivity index (χ1n) is 9.95. The van der Waals surface area contributed by atoms with Gasteiger partial charge >= 0.3 is 0 Å². The van der Waals surface area contributed by atoms with Gasteiger partial charge in [0.2, 0.25) is 0 Å². The average Bonchev–Trinajstić information content (AvgIpc) is 3.50. The number of benzene rings is 2. The fourth-order valence-electron chi connectivity index (χ4n) is 3.52. The third-order valence-corrected chi connectivity index (χ3v) is 7.60. The summed E-state index contributed by atoms with van der Waals surface area (Å²) >= 11 is 17.6. The number of rotatable bonds is 6. The molecule has 13 heteroatoms. The number of carbonyl (C=O) groups is 1. The van der Waals surface area contributed by atoms with Gasteiger partial charge in [0.05, 0.1) is 47.4 Å². The molecule has 0 atom stereocenters. The van der Waals surface area contributed by atoms with E-state index < -0.39 is 5.91 Å². The Morgan fingerprint density at radius 3 is 2.60 bits per heavy atom. The molecule has 0 radical (unpaired) electrons. The Kier molecular flexibility index (Phi) is 6.41. The van der Waals surface area contributed by atoms with Crippen molar-refractivity contribution in [2.45, 2.75) is 0 Å². The van der Waals surface area contributed by atoms with E-state index >= 15 is 0 Å². The second kappa shape index (κ2) is 9.50. The summed E-state index contributed by atoms with van der Waals surface area (Å²) in [6, 6.07) is 5.79. The van der Waals surface area contributed by atoms with Crippen molar-refractivity contribution in [3.05, 3.63) is 56.2 Å². The number of amides is 1. The molecular weight excluding hydrogens is 579 g/mol. The highest BCUT2D eigenvalue weighted by Crippen LogP contribution is 2.50. The lowest BCUT2D eigenvalue weighted by molar-refractivity contribution is 0.102. The van der Waals surface area contributed by atoms with Crippen molar-refractivity contribution >= 4 is 94.7 Å². The van der Waals surface area contributed by atoms with Crippen LogP contribution in [-0.2, 0) is 0 Å². The number of aromatic amines is 1. The first-order valence-corrected chi connectivity index (χ1v) is 12.4. The van der Waals surface area contributed by atoms with Gasteiger partial charge in [0.15, 0.2) is 17.3 Å². The summed E-state index contributed by atoms with van der Waals surface area (Å²) < 4.78 is 11.8. The molecule has 35 heavy (non-hydrogen) atoms. The van der Waals surface area contributed by atoms with Crippen LogP contribution in [0.3, 0.4) is 0 Å². The van der Waals surface area contributed by atoms with Crippen LogP contribution in [0.1, 0.15) is 10.4 Å². The minimum absolute atomic E-state index is 0.129. The van der Waals surface area contributed by atoms with Crippen molar-refractivity contribution in [2.75, 3.05) is 24.9 Å². The Bertz CT molecular complexity index is 1570. The molecule has 3 aromatic heterocycles. The summed E-state index contributed by atoms with van der Waals surface area (Å²) in [7, 11) is 2.90. The van der Waals surface area contributed by atoms with E-state index in [0.29, 0.717) is 26.1 Å². The van der Waals surface area contributed by atoms with Gasteiger partial charge in [0, 0.05) is 16.5 Å². The van der Waals surface area contributed by atoms with E-state index in [1.807, 2.05) is 18.2 Å². The number of carbonyl (C=O) groups excluding carboxylic acids is 1. The normalized spacial score (nSPS) is 11.1. The summed E-state index contributed by atoms with van der Waals surface area (Å²) in [5.41, 5.74) is 2.69. The standard InChI is InChI=1S/C22H15BrCl2N6O3S/c1-33-18-13(23)19(34-2)15(25)17(14(18)24)30-22(32)11-7-35-20-16(11)26-8-27-21(20)29-10-4-3-9-6-28-31-12(9)5-10/h3-8H,1-2H3,(H,28,31)(H,30,32)(H,26,27,29). The van der Waals surface area contributed by atoms with Crippen LogP contribution in [0.4, 0.5) is 17.2 Å². The monoisotopic (exact) mass is 592 g/mol. The summed E-state index contributed by atoms with van der Waals surface area (Å²) in [4.78, 5) is 22.0. The van der Waals surface area contributed by atoms with Gasteiger partial charge in [-0.3, -0.25) is 9.89 Å². The summed E-state index contributed by atoms with van der Waals surface area (Å²) in [5, 5.41) is 16.0. The van der Waals surface area contributed by atoms with E-state index in [1.54, 1.807) is 11.6 Å². The van der Waals surface area contributed by atoms with E-state index in [2.05, 4.69) is 46.7 Å². The van der Waals surface area contributed by atoms with E-state index in [1.165, 1.54) is 31.9 Å². The number of fused-ring (bicyclic) bond motifs is 2. The number of nitrogens with one attached hydrogen (secondary N) is 3. The minimum atomic E-state index is -0.449. The van der Waals surface area contributed by atoms with Crippen molar-refractivity contribution in [3.63, 3.8) is 0 Å². The van der Waals surface area contributed by atoms with Gasteiger partial charge in [-0.05, 0) is 34.1 Å². The molecule has 178 valence electrons. The third kappa shape index (κ3) is 4.14. The first-order chi connectivity index (χ1) is 16.9. The van der Waals surface area contributed by atoms with Crippen LogP contribution in [0, 0.1) is 0 Å². The zero-order valence-electron chi connectivity index (χ0n) is 18.1. The van der Waals surface area contributed by atoms with Crippen molar-refractivity contribution in [1.82, 2.24) is 20.2 Å². The van der Waals surface area contributed by atoms with Crippen LogP contribution < -0.4 is 20.1 Å². The third-order valence-electron chi connectivity index (χ3n) is 5.19. The summed E-state index contributed by atoms with van der Waals surface area (Å²) in [5.74, 6) is 0.679. The zero-order valence-corrected chi connectivity index (χ0v) is 22.0. The molecule has 0 saturated heterocycles. The second-order valence-corrected chi connectivity index (χ2v) is 9.61. The van der Waals surface area contributed by atoms with Crippen molar-refractivity contribution < 1.29 is 14.3 Å². The van der Waals surface area contributed by atoms with Crippen molar-refractivity contribution in [2.24, 2.45) is 0 Å². The van der Waals surface area contributed by atoms with Crippen LogP contribution in [-0.4, -0.2) is 40.3 Å². The second-order valence-electron chi connectivity index (χ2n) is 7.18. The van der Waals surface area contributed by atoms with Crippen molar-refractivity contribution in [3.8, 4) is 11.5 Å². The highest BCUT2D eigenvalue weighted by atomic mass is 79.9. The van der Waals surface area contributed by atoms with Crippen LogP contribution in [0.15, 0.2) is 40.6 Å². The molecule has 9 nitrogen and oxygen atoms in total. The maximum absolute atomic E-state index is 13.3. The molecule has 5 rings (SSSR count). The highest BCUT2D eigenvalue weighted by molar-refractivity contribution is 9.10. The fraction of sp³-hybridized carbons (Fsp3) is 0.0909. The van der Waals surface area contributed by atoms with E-state index in [-0.39, 0.29) is 27.2 Å². The molecule has 0 saturated carbocycles. The van der Waals surface area contributed by atoms with E-state index in [9.17, 15) is 4.79 Å². The molecule has 2 aromatic carbocycles. The molecule has 3 heterocycles. The Balaban J connectivity index is 1.49. The molecule has 0 bridgehead atoms. The Labute approximate surface area is 220 Å². The molecule has 0 spiro atoms. The van der Waals surface area contributed by atoms with Crippen LogP contribution >= 0.6 is 50.5 Å².